The van der Waals surface area contributed by atoms with Gasteiger partial charge in [-0.3, -0.25) is 4.99 Å². The van der Waals surface area contributed by atoms with Gasteiger partial charge in [0, 0.05) is 11.2 Å². The average molecular weight is 396 g/mol. The molecule has 4 nitrogen and oxygen atoms in total. The molecule has 0 radical (unpaired) electrons. The van der Waals surface area contributed by atoms with Gasteiger partial charge in [0.1, 0.15) is 12.4 Å². The van der Waals surface area contributed by atoms with Crippen molar-refractivity contribution in [2.24, 2.45) is 4.99 Å². The van der Waals surface area contributed by atoms with Crippen molar-refractivity contribution >= 4 is 23.5 Å². The van der Waals surface area contributed by atoms with Crippen molar-refractivity contribution in [3.8, 4) is 17.2 Å². The summed E-state index contributed by atoms with van der Waals surface area (Å²) >= 11 is 6.03. The van der Waals surface area contributed by atoms with Crippen LogP contribution in [0.1, 0.15) is 18.1 Å². The average Bonchev–Trinajstić information content (AvgIpc) is 2.72. The summed E-state index contributed by atoms with van der Waals surface area (Å²) in [6, 6.07) is 20.9. The van der Waals surface area contributed by atoms with Crippen molar-refractivity contribution in [3.05, 3.63) is 82.9 Å². The van der Waals surface area contributed by atoms with Crippen LogP contribution >= 0.6 is 11.6 Å². The van der Waals surface area contributed by atoms with Gasteiger partial charge in [-0.15, -0.1) is 0 Å². The van der Waals surface area contributed by atoms with Crippen molar-refractivity contribution in [1.82, 2.24) is 0 Å². The maximum atomic E-state index is 6.03. The SMILES string of the molecule is CCOc1cc(C=Nc2ccc(OC)cc2)ccc1OCc1cccc(Cl)c1. The van der Waals surface area contributed by atoms with Gasteiger partial charge in [0.05, 0.1) is 19.4 Å². The van der Waals surface area contributed by atoms with E-state index in [0.29, 0.717) is 29.7 Å². The number of methoxy groups -OCH3 is 1. The maximum Gasteiger partial charge on any atom is 0.161 e. The standard InChI is InChI=1S/C23H22ClNO3/c1-3-27-23-14-17(15-25-20-8-10-21(26-2)11-9-20)7-12-22(23)28-16-18-5-4-6-19(24)13-18/h4-15H,3,16H2,1-2H3. The first kappa shape index (κ1) is 19.8. The Balaban J connectivity index is 1.73. The summed E-state index contributed by atoms with van der Waals surface area (Å²) in [5, 5.41) is 0.691. The monoisotopic (exact) mass is 395 g/mol. The van der Waals surface area contributed by atoms with Crippen LogP contribution in [0.5, 0.6) is 17.2 Å². The lowest BCUT2D eigenvalue weighted by molar-refractivity contribution is 0.269. The van der Waals surface area contributed by atoms with Crippen LogP contribution in [0.15, 0.2) is 71.7 Å². The van der Waals surface area contributed by atoms with Crippen molar-refractivity contribution in [2.45, 2.75) is 13.5 Å². The van der Waals surface area contributed by atoms with E-state index in [0.717, 1.165) is 22.6 Å². The zero-order chi connectivity index (χ0) is 19.8. The summed E-state index contributed by atoms with van der Waals surface area (Å²) in [7, 11) is 1.64. The van der Waals surface area contributed by atoms with E-state index in [-0.39, 0.29) is 0 Å². The van der Waals surface area contributed by atoms with E-state index in [1.165, 1.54) is 0 Å². The third kappa shape index (κ3) is 5.51. The lowest BCUT2D eigenvalue weighted by atomic mass is 10.2. The molecule has 0 aromatic heterocycles. The fraction of sp³-hybridized carbons (Fsp3) is 0.174. The van der Waals surface area contributed by atoms with Gasteiger partial charge >= 0.3 is 0 Å². The zero-order valence-corrected chi connectivity index (χ0v) is 16.6. The predicted molar refractivity (Wildman–Crippen MR) is 114 cm³/mol. The Kier molecular flexibility index (Phi) is 6.93. The molecule has 0 heterocycles. The van der Waals surface area contributed by atoms with E-state index in [2.05, 4.69) is 4.99 Å². The van der Waals surface area contributed by atoms with Gasteiger partial charge in [0.25, 0.3) is 0 Å². The van der Waals surface area contributed by atoms with E-state index in [4.69, 9.17) is 25.8 Å². The van der Waals surface area contributed by atoms with Gasteiger partial charge in [-0.2, -0.15) is 0 Å². The summed E-state index contributed by atoms with van der Waals surface area (Å²) in [6.45, 7) is 2.91. The van der Waals surface area contributed by atoms with Gasteiger partial charge in [-0.1, -0.05) is 23.7 Å². The van der Waals surface area contributed by atoms with Gasteiger partial charge in [0.2, 0.25) is 0 Å². The molecule has 0 atom stereocenters. The smallest absolute Gasteiger partial charge is 0.161 e. The molecule has 28 heavy (non-hydrogen) atoms. The summed E-state index contributed by atoms with van der Waals surface area (Å²) in [4.78, 5) is 4.49. The number of hydrogen-bond donors (Lipinski definition) is 0. The Labute approximate surface area is 170 Å². The first-order valence-electron chi connectivity index (χ1n) is 9.00. The van der Waals surface area contributed by atoms with Gasteiger partial charge < -0.3 is 14.2 Å². The normalized spacial score (nSPS) is 10.8. The summed E-state index contributed by atoms with van der Waals surface area (Å²) in [6.07, 6.45) is 1.80. The number of benzene rings is 3. The van der Waals surface area contributed by atoms with Crippen LogP contribution in [0.4, 0.5) is 5.69 Å². The molecule has 0 aliphatic heterocycles. The molecule has 5 heteroatoms. The highest BCUT2D eigenvalue weighted by atomic mass is 35.5. The predicted octanol–water partition coefficient (Wildman–Crippen LogP) is 6.08. The number of nitrogens with zero attached hydrogens (tertiary/aromatic N) is 1. The first-order valence-corrected chi connectivity index (χ1v) is 9.38. The summed E-state index contributed by atoms with van der Waals surface area (Å²) in [5.41, 5.74) is 2.77. The van der Waals surface area contributed by atoms with Crippen molar-refractivity contribution in [3.63, 3.8) is 0 Å². The fourth-order valence-corrected chi connectivity index (χ4v) is 2.81. The molecule has 0 N–H and O–H groups in total. The van der Waals surface area contributed by atoms with Crippen molar-refractivity contribution < 1.29 is 14.2 Å². The van der Waals surface area contributed by atoms with Crippen LogP contribution in [0.3, 0.4) is 0 Å². The molecule has 144 valence electrons. The zero-order valence-electron chi connectivity index (χ0n) is 15.9. The highest BCUT2D eigenvalue weighted by Gasteiger charge is 2.07. The second kappa shape index (κ2) is 9.81. The Morgan fingerprint density at radius 2 is 1.75 bits per heavy atom. The molecule has 0 aliphatic rings. The fourth-order valence-electron chi connectivity index (χ4n) is 2.60. The molecule has 3 aromatic rings. The van der Waals surface area contributed by atoms with Crippen LogP contribution in [-0.4, -0.2) is 19.9 Å². The summed E-state index contributed by atoms with van der Waals surface area (Å²) in [5.74, 6) is 2.17. The molecule has 3 rings (SSSR count). The topological polar surface area (TPSA) is 40.0 Å². The van der Waals surface area contributed by atoms with E-state index in [1.807, 2.05) is 73.7 Å². The Bertz CT molecular complexity index is 939. The van der Waals surface area contributed by atoms with Crippen LogP contribution in [0.25, 0.3) is 0 Å². The molecule has 0 amide bonds. The number of hydrogen-bond acceptors (Lipinski definition) is 4. The second-order valence-electron chi connectivity index (χ2n) is 6.01. The van der Waals surface area contributed by atoms with Crippen LogP contribution < -0.4 is 14.2 Å². The highest BCUT2D eigenvalue weighted by molar-refractivity contribution is 6.30. The number of rotatable bonds is 8. The maximum absolute atomic E-state index is 6.03. The molecule has 0 spiro atoms. The second-order valence-corrected chi connectivity index (χ2v) is 6.45. The first-order chi connectivity index (χ1) is 13.7. The molecular formula is C23H22ClNO3. The Morgan fingerprint density at radius 3 is 2.46 bits per heavy atom. The Hall–Kier alpha value is -2.98. The van der Waals surface area contributed by atoms with Gasteiger partial charge in [0.15, 0.2) is 11.5 Å². The minimum Gasteiger partial charge on any atom is -0.497 e. The van der Waals surface area contributed by atoms with Crippen molar-refractivity contribution in [2.75, 3.05) is 13.7 Å². The molecule has 0 fully saturated rings. The highest BCUT2D eigenvalue weighted by Crippen LogP contribution is 2.29. The number of ether oxygens (including phenoxy) is 3. The van der Waals surface area contributed by atoms with Crippen molar-refractivity contribution in [1.29, 1.82) is 0 Å². The quantitative estimate of drug-likeness (QED) is 0.434. The number of halogens is 1. The molecule has 0 bridgehead atoms. The molecule has 0 aliphatic carbocycles. The number of aliphatic imine (C=N–C) groups is 1. The lowest BCUT2D eigenvalue weighted by Crippen LogP contribution is -2.00. The molecule has 0 unspecified atom stereocenters. The van der Waals surface area contributed by atoms with E-state index in [1.54, 1.807) is 13.3 Å². The van der Waals surface area contributed by atoms with Gasteiger partial charge in [-0.25, -0.2) is 0 Å². The molecular weight excluding hydrogens is 374 g/mol. The van der Waals surface area contributed by atoms with Crippen LogP contribution in [0, 0.1) is 0 Å². The lowest BCUT2D eigenvalue weighted by Gasteiger charge is -2.13. The Morgan fingerprint density at radius 1 is 0.929 bits per heavy atom. The van der Waals surface area contributed by atoms with Gasteiger partial charge in [-0.05, 0) is 72.6 Å². The van der Waals surface area contributed by atoms with Crippen LogP contribution in [-0.2, 0) is 6.61 Å². The molecule has 3 aromatic carbocycles. The molecule has 0 saturated carbocycles. The van der Waals surface area contributed by atoms with Crippen LogP contribution in [0.2, 0.25) is 5.02 Å². The molecule has 0 saturated heterocycles. The van der Waals surface area contributed by atoms with E-state index >= 15 is 0 Å². The van der Waals surface area contributed by atoms with E-state index < -0.39 is 0 Å². The minimum absolute atomic E-state index is 0.417. The van der Waals surface area contributed by atoms with E-state index in [9.17, 15) is 0 Å². The largest absolute Gasteiger partial charge is 0.497 e. The third-order valence-electron chi connectivity index (χ3n) is 3.99. The minimum atomic E-state index is 0.417. The third-order valence-corrected chi connectivity index (χ3v) is 4.22. The summed E-state index contributed by atoms with van der Waals surface area (Å²) < 4.78 is 16.8.